The van der Waals surface area contributed by atoms with Crippen LogP contribution in [0.4, 0.5) is 22.7 Å². The van der Waals surface area contributed by atoms with Gasteiger partial charge in [0, 0.05) is 23.5 Å². The summed E-state index contributed by atoms with van der Waals surface area (Å²) in [7, 11) is 0. The van der Waals surface area contributed by atoms with Crippen LogP contribution in [-0.2, 0) is 0 Å². The Morgan fingerprint density at radius 1 is 0.955 bits per heavy atom. The molecule has 0 aliphatic carbocycles. The minimum absolute atomic E-state index is 0.183. The Morgan fingerprint density at radius 2 is 1.45 bits per heavy atom. The topological polar surface area (TPSA) is 141 Å². The van der Waals surface area contributed by atoms with Gasteiger partial charge in [-0.1, -0.05) is 0 Å². The number of anilines is 2. The van der Waals surface area contributed by atoms with Crippen molar-refractivity contribution in [2.75, 3.05) is 11.1 Å². The molecular formula is C13H10N4O5. The summed E-state index contributed by atoms with van der Waals surface area (Å²) in [5.41, 5.74) is 5.18. The molecule has 9 nitrogen and oxygen atoms in total. The van der Waals surface area contributed by atoms with Crippen molar-refractivity contribution >= 4 is 28.7 Å². The molecule has 0 radical (unpaired) electrons. The lowest BCUT2D eigenvalue weighted by atomic mass is 10.1. The van der Waals surface area contributed by atoms with Gasteiger partial charge in [0.1, 0.15) is 0 Å². The fraction of sp³-hybridized carbons (Fsp3) is 0. The largest absolute Gasteiger partial charge is 0.399 e. The van der Waals surface area contributed by atoms with Crippen LogP contribution in [0.3, 0.4) is 0 Å². The average Bonchev–Trinajstić information content (AvgIpc) is 2.49. The molecule has 2 rings (SSSR count). The summed E-state index contributed by atoms with van der Waals surface area (Å²) < 4.78 is 0. The number of non-ortho nitro benzene ring substituents is 2. The lowest BCUT2D eigenvalue weighted by Crippen LogP contribution is -2.12. The van der Waals surface area contributed by atoms with Gasteiger partial charge < -0.3 is 11.1 Å². The minimum atomic E-state index is -0.799. The van der Waals surface area contributed by atoms with E-state index in [1.54, 1.807) is 24.3 Å². The molecular weight excluding hydrogens is 292 g/mol. The third-order valence-corrected chi connectivity index (χ3v) is 2.75. The summed E-state index contributed by atoms with van der Waals surface area (Å²) in [6.45, 7) is 0. The van der Waals surface area contributed by atoms with Crippen molar-refractivity contribution in [1.29, 1.82) is 0 Å². The first-order valence-corrected chi connectivity index (χ1v) is 5.97. The van der Waals surface area contributed by atoms with Crippen molar-refractivity contribution in [2.45, 2.75) is 0 Å². The molecule has 0 spiro atoms. The van der Waals surface area contributed by atoms with E-state index in [4.69, 9.17) is 5.73 Å². The molecule has 0 aromatic heterocycles. The number of rotatable bonds is 4. The SMILES string of the molecule is Nc1ccc(NC(=O)c2cc([N+](=O)[O-])cc([N+](=O)[O-])c2)cc1. The Bertz CT molecular complexity index is 725. The lowest BCUT2D eigenvalue weighted by molar-refractivity contribution is -0.394. The Balaban J connectivity index is 2.34. The maximum absolute atomic E-state index is 12.1. The second kappa shape index (κ2) is 5.87. The second-order valence-corrected chi connectivity index (χ2v) is 4.33. The van der Waals surface area contributed by atoms with Crippen molar-refractivity contribution in [3.63, 3.8) is 0 Å². The molecule has 9 heteroatoms. The molecule has 3 N–H and O–H groups in total. The molecule has 0 aliphatic heterocycles. The number of nitro groups is 2. The van der Waals surface area contributed by atoms with Crippen molar-refractivity contribution < 1.29 is 14.6 Å². The Hall–Kier alpha value is -3.49. The van der Waals surface area contributed by atoms with Gasteiger partial charge in [0.15, 0.2) is 0 Å². The predicted octanol–water partition coefficient (Wildman–Crippen LogP) is 2.34. The standard InChI is InChI=1S/C13H10N4O5/c14-9-1-3-10(4-2-9)15-13(18)8-5-11(16(19)20)7-12(6-8)17(21)22/h1-7H,14H2,(H,15,18). The number of nitrogens with zero attached hydrogens (tertiary/aromatic N) is 2. The molecule has 0 aliphatic rings. The van der Waals surface area contributed by atoms with Crippen LogP contribution in [0.5, 0.6) is 0 Å². The van der Waals surface area contributed by atoms with Gasteiger partial charge in [0.2, 0.25) is 0 Å². The molecule has 0 heterocycles. The maximum Gasteiger partial charge on any atom is 0.277 e. The van der Waals surface area contributed by atoms with E-state index in [-0.39, 0.29) is 5.56 Å². The molecule has 22 heavy (non-hydrogen) atoms. The number of nitro benzene ring substituents is 2. The molecule has 112 valence electrons. The second-order valence-electron chi connectivity index (χ2n) is 4.33. The third-order valence-electron chi connectivity index (χ3n) is 2.75. The normalized spacial score (nSPS) is 10.0. The van der Waals surface area contributed by atoms with E-state index in [1.165, 1.54) is 0 Å². The van der Waals surface area contributed by atoms with Gasteiger partial charge in [-0.05, 0) is 24.3 Å². The van der Waals surface area contributed by atoms with E-state index >= 15 is 0 Å². The molecule has 1 amide bonds. The first-order chi connectivity index (χ1) is 10.4. The fourth-order valence-electron chi connectivity index (χ4n) is 1.71. The molecule has 0 unspecified atom stereocenters. The number of hydrogen-bond donors (Lipinski definition) is 2. The van der Waals surface area contributed by atoms with Gasteiger partial charge in [-0.15, -0.1) is 0 Å². The first-order valence-electron chi connectivity index (χ1n) is 5.97. The number of nitrogens with two attached hydrogens (primary N) is 1. The highest BCUT2D eigenvalue weighted by molar-refractivity contribution is 6.05. The van der Waals surface area contributed by atoms with Crippen molar-refractivity contribution in [2.24, 2.45) is 0 Å². The molecule has 0 bridgehead atoms. The van der Waals surface area contributed by atoms with Gasteiger partial charge >= 0.3 is 0 Å². The van der Waals surface area contributed by atoms with Crippen molar-refractivity contribution in [3.8, 4) is 0 Å². The van der Waals surface area contributed by atoms with Gasteiger partial charge in [-0.3, -0.25) is 25.0 Å². The summed E-state index contributed by atoms with van der Waals surface area (Å²) in [6.07, 6.45) is 0. The zero-order valence-corrected chi connectivity index (χ0v) is 11.1. The number of hydrogen-bond acceptors (Lipinski definition) is 6. The van der Waals surface area contributed by atoms with Crippen LogP contribution in [0.2, 0.25) is 0 Å². The smallest absolute Gasteiger partial charge is 0.277 e. The molecule has 2 aromatic rings. The summed E-state index contributed by atoms with van der Waals surface area (Å²) >= 11 is 0. The highest BCUT2D eigenvalue weighted by atomic mass is 16.6. The maximum atomic E-state index is 12.1. The van der Waals surface area contributed by atoms with Crippen molar-refractivity contribution in [1.82, 2.24) is 0 Å². The number of carbonyl (C=O) groups is 1. The highest BCUT2D eigenvalue weighted by Gasteiger charge is 2.19. The van der Waals surface area contributed by atoms with Gasteiger partial charge in [0.05, 0.1) is 21.5 Å². The van der Waals surface area contributed by atoms with E-state index < -0.39 is 27.1 Å². The fourth-order valence-corrected chi connectivity index (χ4v) is 1.71. The van der Waals surface area contributed by atoms with Crippen LogP contribution in [0.1, 0.15) is 10.4 Å². The number of nitrogen functional groups attached to an aromatic ring is 1. The monoisotopic (exact) mass is 302 g/mol. The highest BCUT2D eigenvalue weighted by Crippen LogP contribution is 2.23. The van der Waals surface area contributed by atoms with Crippen LogP contribution in [0.15, 0.2) is 42.5 Å². The minimum Gasteiger partial charge on any atom is -0.399 e. The van der Waals surface area contributed by atoms with Crippen LogP contribution in [0, 0.1) is 20.2 Å². The van der Waals surface area contributed by atoms with E-state index in [1.807, 2.05) is 0 Å². The number of carbonyl (C=O) groups excluding carboxylic acids is 1. The molecule has 2 aromatic carbocycles. The Morgan fingerprint density at radius 3 is 1.91 bits per heavy atom. The van der Waals surface area contributed by atoms with Crippen LogP contribution < -0.4 is 11.1 Å². The lowest BCUT2D eigenvalue weighted by Gasteiger charge is -2.05. The number of amides is 1. The Labute approximate surface area is 123 Å². The van der Waals surface area contributed by atoms with Crippen LogP contribution in [0.25, 0.3) is 0 Å². The quantitative estimate of drug-likeness (QED) is 0.504. The van der Waals surface area contributed by atoms with Crippen molar-refractivity contribution in [3.05, 3.63) is 68.3 Å². The third kappa shape index (κ3) is 3.33. The zero-order valence-electron chi connectivity index (χ0n) is 11.1. The van der Waals surface area contributed by atoms with Gasteiger partial charge in [0.25, 0.3) is 17.3 Å². The van der Waals surface area contributed by atoms with E-state index in [0.717, 1.165) is 18.2 Å². The summed E-state index contributed by atoms with van der Waals surface area (Å²) in [4.78, 5) is 32.0. The van der Waals surface area contributed by atoms with Crippen LogP contribution >= 0.6 is 0 Å². The average molecular weight is 302 g/mol. The van der Waals surface area contributed by atoms with E-state index in [9.17, 15) is 25.0 Å². The summed E-state index contributed by atoms with van der Waals surface area (Å²) in [5.74, 6) is -0.698. The van der Waals surface area contributed by atoms with E-state index in [0.29, 0.717) is 11.4 Å². The molecule has 0 fully saturated rings. The van der Waals surface area contributed by atoms with E-state index in [2.05, 4.69) is 5.32 Å². The van der Waals surface area contributed by atoms with Gasteiger partial charge in [-0.2, -0.15) is 0 Å². The first kappa shape index (κ1) is 14.9. The van der Waals surface area contributed by atoms with Crippen LogP contribution in [-0.4, -0.2) is 15.8 Å². The van der Waals surface area contributed by atoms with Gasteiger partial charge in [-0.25, -0.2) is 0 Å². The Kier molecular flexibility index (Phi) is 3.98. The predicted molar refractivity (Wildman–Crippen MR) is 78.6 cm³/mol. The molecule has 0 atom stereocenters. The number of benzene rings is 2. The molecule has 0 saturated heterocycles. The zero-order chi connectivity index (χ0) is 16.3. The number of nitrogens with one attached hydrogen (secondary N) is 1. The summed E-state index contributed by atoms with van der Waals surface area (Å²) in [6, 6.07) is 8.94. The molecule has 0 saturated carbocycles. The summed E-state index contributed by atoms with van der Waals surface area (Å²) in [5, 5.41) is 24.0.